The number of anilines is 2. The summed E-state index contributed by atoms with van der Waals surface area (Å²) in [6.07, 6.45) is 1.41. The van der Waals surface area contributed by atoms with E-state index in [0.29, 0.717) is 12.8 Å². The molecule has 2 N–H and O–H groups in total. The van der Waals surface area contributed by atoms with Crippen molar-refractivity contribution in [3.8, 4) is 0 Å². The fourth-order valence-corrected chi connectivity index (χ4v) is 9.85. The Morgan fingerprint density at radius 2 is 0.844 bits per heavy atom. The van der Waals surface area contributed by atoms with E-state index in [1.54, 1.807) is 41.5 Å². The van der Waals surface area contributed by atoms with Crippen LogP contribution < -0.4 is 10.6 Å². The summed E-state index contributed by atoms with van der Waals surface area (Å²) < 4.78 is 26.8. The van der Waals surface area contributed by atoms with Gasteiger partial charge in [0.2, 0.25) is 44.8 Å². The lowest BCUT2D eigenvalue weighted by Crippen LogP contribution is -2.47. The summed E-state index contributed by atoms with van der Waals surface area (Å²) in [6, 6.07) is 11.1. The largest absolute Gasteiger partial charge is 0.325 e. The third-order valence-corrected chi connectivity index (χ3v) is 14.5. The number of Topliss-reactive ketones (excluding diaryl/α,β-unsaturated/α-hetero) is 4. The number of sulfone groups is 1. The van der Waals surface area contributed by atoms with Gasteiger partial charge in [-0.25, -0.2) is 8.42 Å². The molecule has 0 spiro atoms. The average molecular weight is 633 g/mol. The van der Waals surface area contributed by atoms with Gasteiger partial charge in [0.05, 0.1) is 9.79 Å². The van der Waals surface area contributed by atoms with Gasteiger partial charge in [-0.15, -0.1) is 0 Å². The molecule has 0 heterocycles. The summed E-state index contributed by atoms with van der Waals surface area (Å²) in [4.78, 5) is 78.3. The number of ketones is 4. The van der Waals surface area contributed by atoms with Crippen LogP contribution in [0.2, 0.25) is 0 Å². The van der Waals surface area contributed by atoms with Crippen LogP contribution in [-0.4, -0.2) is 43.4 Å². The van der Waals surface area contributed by atoms with Crippen molar-refractivity contribution in [1.29, 1.82) is 0 Å². The van der Waals surface area contributed by atoms with Gasteiger partial charge in [0.25, 0.3) is 0 Å². The van der Waals surface area contributed by atoms with Crippen molar-refractivity contribution >= 4 is 56.2 Å². The first-order valence-corrected chi connectivity index (χ1v) is 16.5. The van der Waals surface area contributed by atoms with Gasteiger partial charge in [-0.05, 0) is 85.0 Å². The molecule has 4 bridgehead atoms. The molecule has 0 aliphatic heterocycles. The number of amides is 2. The van der Waals surface area contributed by atoms with E-state index in [9.17, 15) is 37.2 Å². The molecule has 2 aromatic rings. The molecule has 6 rings (SSSR count). The predicted molar refractivity (Wildman–Crippen MR) is 163 cm³/mol. The zero-order valence-corrected chi connectivity index (χ0v) is 26.9. The number of hydrogen-bond donors (Lipinski definition) is 2. The average Bonchev–Trinajstić information content (AvgIpc) is 3.43. The van der Waals surface area contributed by atoms with Crippen LogP contribution in [0.1, 0.15) is 67.2 Å². The Hall–Kier alpha value is -3.99. The quantitative estimate of drug-likeness (QED) is 0.352. The van der Waals surface area contributed by atoms with Crippen molar-refractivity contribution in [3.05, 3.63) is 48.5 Å². The molecule has 4 aliphatic rings. The summed E-state index contributed by atoms with van der Waals surface area (Å²) in [6.45, 7) is 10.6. The monoisotopic (exact) mass is 632 g/mol. The number of carbonyl (C=O) groups excluding carboxylic acids is 6. The zero-order valence-electron chi connectivity index (χ0n) is 26.1. The molecule has 0 radical (unpaired) electrons. The smallest absolute Gasteiger partial charge is 0.239 e. The second-order valence-corrected chi connectivity index (χ2v) is 16.5. The topological polar surface area (TPSA) is 161 Å². The molecule has 4 fully saturated rings. The normalized spacial score (nSPS) is 32.7. The minimum absolute atomic E-state index is 0.0442. The third-order valence-electron chi connectivity index (χ3n) is 12.7. The first kappa shape index (κ1) is 31.0. The standard InChI is InChI=1S/C34H36N2O8S/c1-29(2)31(5)15-17-33(29,25(39)23(31)37)27(41)35-19-7-11-21(12-8-19)45(43,44)22-13-9-20(10-14-22)36-28(42)34-18-16-32(6,30(34,3)4)24(38)26(34)40/h7-14H,15-18H2,1-6H3,(H,35,41)(H,36,42). The number of carbonyl (C=O) groups is 6. The highest BCUT2D eigenvalue weighted by Crippen LogP contribution is 2.70. The van der Waals surface area contributed by atoms with Gasteiger partial charge in [-0.2, -0.15) is 0 Å². The number of nitrogens with one attached hydrogen (secondary N) is 2. The van der Waals surface area contributed by atoms with Crippen molar-refractivity contribution in [1.82, 2.24) is 0 Å². The van der Waals surface area contributed by atoms with Gasteiger partial charge < -0.3 is 10.6 Å². The van der Waals surface area contributed by atoms with Crippen LogP contribution in [0.5, 0.6) is 0 Å². The Labute approximate surface area is 261 Å². The summed E-state index contributed by atoms with van der Waals surface area (Å²) in [5, 5.41) is 5.45. The molecule has 4 aliphatic carbocycles. The summed E-state index contributed by atoms with van der Waals surface area (Å²) in [5.74, 6) is -3.54. The number of benzene rings is 2. The maximum Gasteiger partial charge on any atom is 0.239 e. The van der Waals surface area contributed by atoms with E-state index in [-0.39, 0.29) is 34.0 Å². The maximum absolute atomic E-state index is 13.5. The van der Waals surface area contributed by atoms with Gasteiger partial charge in [0.15, 0.2) is 0 Å². The van der Waals surface area contributed by atoms with Crippen LogP contribution in [0.15, 0.2) is 58.3 Å². The Morgan fingerprint density at radius 3 is 1.11 bits per heavy atom. The predicted octanol–water partition coefficient (Wildman–Crippen LogP) is 4.33. The van der Waals surface area contributed by atoms with Crippen molar-refractivity contribution in [2.45, 2.75) is 77.0 Å². The van der Waals surface area contributed by atoms with Crippen LogP contribution in [0.4, 0.5) is 11.4 Å². The van der Waals surface area contributed by atoms with Gasteiger partial charge in [0.1, 0.15) is 10.8 Å². The van der Waals surface area contributed by atoms with Gasteiger partial charge in [-0.1, -0.05) is 41.5 Å². The molecule has 0 saturated heterocycles. The van der Waals surface area contributed by atoms with E-state index in [1.165, 1.54) is 48.5 Å². The molecule has 0 aromatic heterocycles. The minimum atomic E-state index is -3.99. The van der Waals surface area contributed by atoms with Crippen LogP contribution >= 0.6 is 0 Å². The van der Waals surface area contributed by atoms with Crippen molar-refractivity contribution in [3.63, 3.8) is 0 Å². The Balaban J connectivity index is 1.17. The molecule has 4 unspecified atom stereocenters. The van der Waals surface area contributed by atoms with Crippen LogP contribution in [-0.2, 0) is 38.6 Å². The fraction of sp³-hybridized carbons (Fsp3) is 0.471. The zero-order chi connectivity index (χ0) is 33.2. The Bertz CT molecular complexity index is 1730. The first-order valence-electron chi connectivity index (χ1n) is 15.0. The van der Waals surface area contributed by atoms with Crippen LogP contribution in [0.3, 0.4) is 0 Å². The van der Waals surface area contributed by atoms with E-state index >= 15 is 0 Å². The van der Waals surface area contributed by atoms with E-state index in [1.807, 2.05) is 0 Å². The highest BCUT2D eigenvalue weighted by molar-refractivity contribution is 7.91. The second-order valence-electron chi connectivity index (χ2n) is 14.5. The molecule has 236 valence electrons. The van der Waals surface area contributed by atoms with E-state index in [2.05, 4.69) is 10.6 Å². The number of fused-ring (bicyclic) bond motifs is 4. The highest BCUT2D eigenvalue weighted by Gasteiger charge is 2.79. The summed E-state index contributed by atoms with van der Waals surface area (Å²) >= 11 is 0. The lowest BCUT2D eigenvalue weighted by molar-refractivity contribution is -0.147. The molecule has 4 saturated carbocycles. The lowest BCUT2D eigenvalue weighted by atomic mass is 9.64. The van der Waals surface area contributed by atoms with Crippen LogP contribution in [0.25, 0.3) is 0 Å². The molecule has 2 aromatic carbocycles. The van der Waals surface area contributed by atoms with Crippen LogP contribution in [0, 0.1) is 32.5 Å². The van der Waals surface area contributed by atoms with Gasteiger partial charge in [0, 0.05) is 22.2 Å². The molecule has 4 atom stereocenters. The molecule has 2 amide bonds. The Kier molecular flexibility index (Phi) is 6.24. The van der Waals surface area contributed by atoms with Crippen molar-refractivity contribution < 1.29 is 37.2 Å². The molecular weight excluding hydrogens is 596 g/mol. The van der Waals surface area contributed by atoms with Gasteiger partial charge in [-0.3, -0.25) is 28.8 Å². The first-order chi connectivity index (χ1) is 20.8. The minimum Gasteiger partial charge on any atom is -0.325 e. The maximum atomic E-state index is 13.5. The summed E-state index contributed by atoms with van der Waals surface area (Å²) in [5.41, 5.74) is -5.93. The van der Waals surface area contributed by atoms with E-state index in [4.69, 9.17) is 0 Å². The lowest BCUT2D eigenvalue weighted by Gasteiger charge is -2.37. The summed E-state index contributed by atoms with van der Waals surface area (Å²) in [7, 11) is -3.99. The molecule has 11 heteroatoms. The second kappa shape index (κ2) is 9.05. The molecule has 45 heavy (non-hydrogen) atoms. The molecule has 10 nitrogen and oxygen atoms in total. The molecular formula is C34H36N2O8S. The van der Waals surface area contributed by atoms with Gasteiger partial charge >= 0.3 is 0 Å². The van der Waals surface area contributed by atoms with Crippen molar-refractivity contribution in [2.24, 2.45) is 32.5 Å². The highest BCUT2D eigenvalue weighted by atomic mass is 32.2. The van der Waals surface area contributed by atoms with Crippen molar-refractivity contribution in [2.75, 3.05) is 10.6 Å². The van der Waals surface area contributed by atoms with E-state index in [0.717, 1.165) is 0 Å². The number of hydrogen-bond acceptors (Lipinski definition) is 8. The Morgan fingerprint density at radius 1 is 0.533 bits per heavy atom. The SMILES string of the molecule is CC12CCC(C(=O)Nc3ccc(S(=O)(=O)c4ccc(NC(=O)C56CCC(C)(C(=O)C5=O)C6(C)C)cc4)cc3)(C(=O)C1=O)C2(C)C. The third kappa shape index (κ3) is 3.42. The van der Waals surface area contributed by atoms with E-state index < -0.39 is 77.3 Å². The fourth-order valence-electron chi connectivity index (χ4n) is 8.59. The number of rotatable bonds is 6.